The molecule has 0 spiro atoms. The fourth-order valence-corrected chi connectivity index (χ4v) is 2.70. The van der Waals surface area contributed by atoms with Gasteiger partial charge in [-0.1, -0.05) is 6.42 Å². The van der Waals surface area contributed by atoms with Gasteiger partial charge in [0.05, 0.1) is 0 Å². The van der Waals surface area contributed by atoms with Crippen molar-refractivity contribution < 1.29 is 4.79 Å². The molecule has 2 aliphatic rings. The molecule has 0 aromatic heterocycles. The van der Waals surface area contributed by atoms with E-state index in [1.54, 1.807) is 0 Å². The monoisotopic (exact) mass is 246 g/mol. The first-order valence-corrected chi connectivity index (χ1v) is 6.15. The second-order valence-electron chi connectivity index (χ2n) is 5.45. The largest absolute Gasteiger partial charge is 0.355 e. The van der Waals surface area contributed by atoms with Gasteiger partial charge in [0.2, 0.25) is 5.91 Å². The van der Waals surface area contributed by atoms with Gasteiger partial charge in [0.15, 0.2) is 0 Å². The van der Waals surface area contributed by atoms with Crippen LogP contribution in [0.4, 0.5) is 0 Å². The summed E-state index contributed by atoms with van der Waals surface area (Å²) in [4.78, 5) is 11.5. The molecule has 2 aliphatic carbocycles. The maximum Gasteiger partial charge on any atom is 0.221 e. The summed E-state index contributed by atoms with van der Waals surface area (Å²) in [5, 5.41) is 3.06. The molecule has 1 unspecified atom stereocenters. The number of nitrogens with two attached hydrogens (primary N) is 1. The molecule has 94 valence electrons. The number of carbonyl (C=O) groups is 1. The van der Waals surface area contributed by atoms with Crippen molar-refractivity contribution in [3.63, 3.8) is 0 Å². The molecule has 4 heteroatoms. The summed E-state index contributed by atoms with van der Waals surface area (Å²) >= 11 is 0. The summed E-state index contributed by atoms with van der Waals surface area (Å²) in [7, 11) is 0. The predicted octanol–water partition coefficient (Wildman–Crippen LogP) is 1.84. The van der Waals surface area contributed by atoms with Gasteiger partial charge in [-0.3, -0.25) is 4.79 Å². The van der Waals surface area contributed by atoms with Gasteiger partial charge in [0.25, 0.3) is 0 Å². The fourth-order valence-electron chi connectivity index (χ4n) is 2.70. The first kappa shape index (κ1) is 13.8. The Balaban J connectivity index is 0.00000128. The van der Waals surface area contributed by atoms with Gasteiger partial charge >= 0.3 is 0 Å². The zero-order valence-corrected chi connectivity index (χ0v) is 10.8. The van der Waals surface area contributed by atoms with E-state index in [0.717, 1.165) is 12.5 Å². The van der Waals surface area contributed by atoms with Crippen molar-refractivity contribution in [2.75, 3.05) is 6.54 Å². The van der Waals surface area contributed by atoms with Crippen molar-refractivity contribution in [2.45, 2.75) is 51.5 Å². The zero-order valence-electron chi connectivity index (χ0n) is 10.00. The van der Waals surface area contributed by atoms with Gasteiger partial charge in [-0.25, -0.2) is 0 Å². The Morgan fingerprint density at radius 3 is 2.50 bits per heavy atom. The van der Waals surface area contributed by atoms with Crippen molar-refractivity contribution in [3.8, 4) is 0 Å². The summed E-state index contributed by atoms with van der Waals surface area (Å²) in [6.45, 7) is 2.77. The quantitative estimate of drug-likeness (QED) is 0.778. The van der Waals surface area contributed by atoms with Crippen molar-refractivity contribution in [1.82, 2.24) is 5.32 Å². The minimum Gasteiger partial charge on any atom is -0.355 e. The highest BCUT2D eigenvalue weighted by molar-refractivity contribution is 5.85. The molecule has 0 radical (unpaired) electrons. The third-order valence-corrected chi connectivity index (χ3v) is 3.94. The van der Waals surface area contributed by atoms with E-state index in [1.807, 2.05) is 6.92 Å². The van der Waals surface area contributed by atoms with Crippen LogP contribution >= 0.6 is 12.4 Å². The van der Waals surface area contributed by atoms with Crippen LogP contribution in [0.25, 0.3) is 0 Å². The number of amides is 1. The molecule has 0 aromatic carbocycles. The Kier molecular flexibility index (Phi) is 4.62. The molecule has 2 fully saturated rings. The lowest BCUT2D eigenvalue weighted by Crippen LogP contribution is -2.44. The van der Waals surface area contributed by atoms with Crippen LogP contribution in [0.3, 0.4) is 0 Å². The van der Waals surface area contributed by atoms with Crippen LogP contribution in [-0.2, 0) is 4.79 Å². The summed E-state index contributed by atoms with van der Waals surface area (Å²) in [5.74, 6) is 1.03. The highest BCUT2D eigenvalue weighted by Crippen LogP contribution is 2.56. The highest BCUT2D eigenvalue weighted by Gasteiger charge is 2.48. The van der Waals surface area contributed by atoms with Crippen LogP contribution in [0.2, 0.25) is 0 Å². The Bertz CT molecular complexity index is 247. The summed E-state index contributed by atoms with van der Waals surface area (Å²) in [6, 6.07) is -0.0248. The fraction of sp³-hybridized carbons (Fsp3) is 0.917. The topological polar surface area (TPSA) is 55.1 Å². The molecule has 2 saturated carbocycles. The second kappa shape index (κ2) is 5.37. The maximum atomic E-state index is 11.5. The van der Waals surface area contributed by atoms with E-state index < -0.39 is 0 Å². The molecule has 3 nitrogen and oxygen atoms in total. The molecule has 0 saturated heterocycles. The van der Waals surface area contributed by atoms with E-state index in [4.69, 9.17) is 5.73 Å². The van der Waals surface area contributed by atoms with Crippen LogP contribution in [0.15, 0.2) is 0 Å². The molecule has 0 aliphatic heterocycles. The van der Waals surface area contributed by atoms with Crippen molar-refractivity contribution >= 4 is 18.3 Å². The summed E-state index contributed by atoms with van der Waals surface area (Å²) in [6.07, 6.45) is 7.19. The average Bonchev–Trinajstić information content (AvgIpc) is 2.84. The highest BCUT2D eigenvalue weighted by atomic mass is 35.5. The van der Waals surface area contributed by atoms with E-state index in [-0.39, 0.29) is 24.4 Å². The zero-order chi connectivity index (χ0) is 10.9. The van der Waals surface area contributed by atoms with Crippen molar-refractivity contribution in [1.29, 1.82) is 0 Å². The van der Waals surface area contributed by atoms with E-state index in [1.165, 1.54) is 32.1 Å². The van der Waals surface area contributed by atoms with E-state index in [9.17, 15) is 4.79 Å². The number of hydrogen-bond acceptors (Lipinski definition) is 2. The van der Waals surface area contributed by atoms with Gasteiger partial charge < -0.3 is 11.1 Å². The number of rotatable bonds is 5. The van der Waals surface area contributed by atoms with Crippen LogP contribution in [0.1, 0.15) is 45.4 Å². The average molecular weight is 247 g/mol. The molecule has 0 bridgehead atoms. The SMILES string of the molecule is CC(N)CC(=O)NCC1(C2CC2)CCC1.Cl. The molecule has 0 heterocycles. The predicted molar refractivity (Wildman–Crippen MR) is 67.5 cm³/mol. The van der Waals surface area contributed by atoms with Crippen LogP contribution < -0.4 is 11.1 Å². The Morgan fingerprint density at radius 1 is 1.50 bits per heavy atom. The lowest BCUT2D eigenvalue weighted by Gasteiger charge is -2.42. The van der Waals surface area contributed by atoms with Crippen LogP contribution in [0, 0.1) is 11.3 Å². The number of nitrogens with one attached hydrogen (secondary N) is 1. The molecule has 1 amide bonds. The van der Waals surface area contributed by atoms with Gasteiger partial charge in [-0.05, 0) is 43.9 Å². The second-order valence-corrected chi connectivity index (χ2v) is 5.45. The first-order valence-electron chi connectivity index (χ1n) is 6.15. The molecule has 3 N–H and O–H groups in total. The minimum atomic E-state index is -0.0248. The lowest BCUT2D eigenvalue weighted by molar-refractivity contribution is -0.122. The molecule has 0 aromatic rings. The van der Waals surface area contributed by atoms with Gasteiger partial charge in [-0.2, -0.15) is 0 Å². The third kappa shape index (κ3) is 3.11. The number of halogens is 1. The van der Waals surface area contributed by atoms with Gasteiger partial charge in [-0.15, -0.1) is 12.4 Å². The van der Waals surface area contributed by atoms with E-state index in [2.05, 4.69) is 5.32 Å². The van der Waals surface area contributed by atoms with Crippen LogP contribution in [0.5, 0.6) is 0 Å². The lowest BCUT2D eigenvalue weighted by atomic mass is 9.65. The Labute approximate surface area is 104 Å². The maximum absolute atomic E-state index is 11.5. The minimum absolute atomic E-state index is 0. The van der Waals surface area contributed by atoms with Gasteiger partial charge in [0.1, 0.15) is 0 Å². The van der Waals surface area contributed by atoms with Gasteiger partial charge in [0, 0.05) is 19.0 Å². The van der Waals surface area contributed by atoms with E-state index in [0.29, 0.717) is 11.8 Å². The third-order valence-electron chi connectivity index (χ3n) is 3.94. The van der Waals surface area contributed by atoms with E-state index >= 15 is 0 Å². The first-order chi connectivity index (χ1) is 7.12. The van der Waals surface area contributed by atoms with Crippen LogP contribution in [-0.4, -0.2) is 18.5 Å². The summed E-state index contributed by atoms with van der Waals surface area (Å²) in [5.41, 5.74) is 6.07. The Morgan fingerprint density at radius 2 is 2.12 bits per heavy atom. The standard InChI is InChI=1S/C12H22N2O.ClH/c1-9(13)7-11(15)14-8-12(5-2-6-12)10-3-4-10;/h9-10H,2-8,13H2,1H3,(H,14,15);1H. The molecular weight excluding hydrogens is 224 g/mol. The molecule has 1 atom stereocenters. The molecule has 2 rings (SSSR count). The molecule has 16 heavy (non-hydrogen) atoms. The normalized spacial score (nSPS) is 23.9. The number of hydrogen-bond donors (Lipinski definition) is 2. The van der Waals surface area contributed by atoms with Crippen molar-refractivity contribution in [2.24, 2.45) is 17.1 Å². The smallest absolute Gasteiger partial charge is 0.221 e. The Hall–Kier alpha value is -0.280. The van der Waals surface area contributed by atoms with Crippen molar-refractivity contribution in [3.05, 3.63) is 0 Å². The summed E-state index contributed by atoms with van der Waals surface area (Å²) < 4.78 is 0. The number of carbonyl (C=O) groups excluding carboxylic acids is 1. The molecular formula is C12H23ClN2O.